The molecule has 0 unspecified atom stereocenters. The lowest BCUT2D eigenvalue weighted by atomic mass is 9.93. The quantitative estimate of drug-likeness (QED) is 0.730. The van der Waals surface area contributed by atoms with Crippen LogP contribution in [-0.4, -0.2) is 44.6 Å². The van der Waals surface area contributed by atoms with Gasteiger partial charge in [0.2, 0.25) is 0 Å². The lowest BCUT2D eigenvalue weighted by Crippen LogP contribution is -2.48. The second kappa shape index (κ2) is 5.50. The summed E-state index contributed by atoms with van der Waals surface area (Å²) in [6, 6.07) is 3.61. The molecule has 8 heteroatoms. The molecule has 1 N–H and O–H groups in total. The number of halogens is 3. The summed E-state index contributed by atoms with van der Waals surface area (Å²) in [7, 11) is 0. The summed E-state index contributed by atoms with van der Waals surface area (Å²) >= 11 is 0. The molecule has 2 atom stereocenters. The Morgan fingerprint density at radius 3 is 2.92 bits per heavy atom. The van der Waals surface area contributed by atoms with Crippen LogP contribution in [0.4, 0.5) is 13.2 Å². The van der Waals surface area contributed by atoms with Gasteiger partial charge < -0.3 is 14.5 Å². The molecule has 0 aromatic carbocycles. The lowest BCUT2D eigenvalue weighted by molar-refractivity contribution is -0.187. The minimum absolute atomic E-state index is 0.0531. The number of hydrogen-bond donors (Lipinski definition) is 1. The van der Waals surface area contributed by atoms with Gasteiger partial charge in [-0.05, 0) is 24.5 Å². The van der Waals surface area contributed by atoms with Crippen LogP contribution in [0.15, 0.2) is 30.7 Å². The van der Waals surface area contributed by atoms with Crippen LogP contribution in [0, 0.1) is 5.92 Å². The first-order valence-electron chi connectivity index (χ1n) is 8.15. The largest absolute Gasteiger partial charge is 0.471 e. The van der Waals surface area contributed by atoms with Crippen LogP contribution in [0.2, 0.25) is 0 Å². The zero-order valence-electron chi connectivity index (χ0n) is 13.5. The fraction of sp³-hybridized carbons (Fsp3) is 0.412. The van der Waals surface area contributed by atoms with Crippen LogP contribution in [0.3, 0.4) is 0 Å². The normalized spacial score (nSPS) is 22.0. The molecule has 0 spiro atoms. The highest BCUT2D eigenvalue weighted by atomic mass is 19.4. The van der Waals surface area contributed by atoms with Crippen LogP contribution in [-0.2, 0) is 4.79 Å². The average molecular weight is 350 g/mol. The van der Waals surface area contributed by atoms with E-state index in [1.165, 1.54) is 0 Å². The lowest BCUT2D eigenvalue weighted by Gasteiger charge is -2.38. The van der Waals surface area contributed by atoms with Crippen LogP contribution in [0.25, 0.3) is 21.9 Å². The Bertz CT molecular complexity index is 942. The Hall–Kier alpha value is -2.51. The van der Waals surface area contributed by atoms with Gasteiger partial charge in [-0.25, -0.2) is 4.98 Å². The van der Waals surface area contributed by atoms with Crippen molar-refractivity contribution in [1.29, 1.82) is 0 Å². The highest BCUT2D eigenvalue weighted by Crippen LogP contribution is 2.34. The smallest absolute Gasteiger partial charge is 0.346 e. The van der Waals surface area contributed by atoms with Gasteiger partial charge in [0.1, 0.15) is 5.65 Å². The molecule has 3 aromatic heterocycles. The number of piperidine rings is 1. The van der Waals surface area contributed by atoms with Gasteiger partial charge in [0.15, 0.2) is 0 Å². The van der Waals surface area contributed by atoms with E-state index >= 15 is 0 Å². The summed E-state index contributed by atoms with van der Waals surface area (Å²) in [5.74, 6) is -1.59. The molecular formula is C17H17F3N4O. The number of amides is 1. The third kappa shape index (κ3) is 2.56. The minimum atomic E-state index is -4.83. The highest BCUT2D eigenvalue weighted by molar-refractivity contribution is 6.02. The van der Waals surface area contributed by atoms with Gasteiger partial charge in [-0.1, -0.05) is 6.92 Å². The van der Waals surface area contributed by atoms with Gasteiger partial charge >= 0.3 is 12.1 Å². The number of carbonyl (C=O) groups excluding carboxylic acids is 1. The first kappa shape index (κ1) is 16.0. The van der Waals surface area contributed by atoms with E-state index in [2.05, 4.69) is 9.97 Å². The van der Waals surface area contributed by atoms with E-state index in [-0.39, 0.29) is 25.0 Å². The molecule has 25 heavy (non-hydrogen) atoms. The van der Waals surface area contributed by atoms with Crippen molar-refractivity contribution in [2.24, 2.45) is 5.92 Å². The van der Waals surface area contributed by atoms with Gasteiger partial charge in [-0.15, -0.1) is 0 Å². The summed E-state index contributed by atoms with van der Waals surface area (Å²) in [4.78, 5) is 20.0. The van der Waals surface area contributed by atoms with Crippen LogP contribution in [0.1, 0.15) is 19.4 Å². The molecule has 5 nitrogen and oxygen atoms in total. The van der Waals surface area contributed by atoms with Crippen molar-refractivity contribution >= 4 is 27.8 Å². The van der Waals surface area contributed by atoms with Crippen LogP contribution >= 0.6 is 0 Å². The summed E-state index contributed by atoms with van der Waals surface area (Å²) in [6.45, 7) is 2.20. The standard InChI is InChI=1S/C17H17F3N4O/c1-10-3-6-23(16(25)17(18,19)20)9-13(10)24-7-4-11-8-22-15-12(14(11)24)2-5-21-15/h2,4-5,7-8,10,13H,3,6,9H2,1H3,(H,21,22)/t10-,13+/m1/s1. The van der Waals surface area contributed by atoms with Crippen molar-refractivity contribution in [3.05, 3.63) is 30.7 Å². The molecule has 1 aliphatic rings. The third-order valence-corrected chi connectivity index (χ3v) is 5.07. The Morgan fingerprint density at radius 2 is 2.16 bits per heavy atom. The van der Waals surface area contributed by atoms with Gasteiger partial charge in [0, 0.05) is 42.5 Å². The molecule has 4 heterocycles. The molecule has 4 rings (SSSR count). The Kier molecular flexibility index (Phi) is 3.52. The average Bonchev–Trinajstić information content (AvgIpc) is 3.19. The molecule has 1 amide bonds. The predicted octanol–water partition coefficient (Wildman–Crippen LogP) is 3.49. The number of aromatic nitrogens is 3. The maximum atomic E-state index is 12.8. The monoisotopic (exact) mass is 350 g/mol. The van der Waals surface area contributed by atoms with E-state index < -0.39 is 12.1 Å². The van der Waals surface area contributed by atoms with E-state index in [0.717, 1.165) is 26.8 Å². The van der Waals surface area contributed by atoms with Crippen molar-refractivity contribution in [2.75, 3.05) is 13.1 Å². The Labute approximate surface area is 141 Å². The third-order valence-electron chi connectivity index (χ3n) is 5.07. The topological polar surface area (TPSA) is 53.9 Å². The number of aromatic amines is 1. The second-order valence-corrected chi connectivity index (χ2v) is 6.61. The minimum Gasteiger partial charge on any atom is -0.346 e. The van der Waals surface area contributed by atoms with E-state index in [1.807, 2.05) is 29.8 Å². The molecule has 0 aliphatic carbocycles. The van der Waals surface area contributed by atoms with Crippen molar-refractivity contribution in [1.82, 2.24) is 19.4 Å². The molecular weight excluding hydrogens is 333 g/mol. The van der Waals surface area contributed by atoms with E-state index in [9.17, 15) is 18.0 Å². The summed E-state index contributed by atoms with van der Waals surface area (Å²) < 4.78 is 40.4. The number of carbonyl (C=O) groups is 1. The van der Waals surface area contributed by atoms with Gasteiger partial charge in [0.05, 0.1) is 11.6 Å². The first-order chi connectivity index (χ1) is 11.9. The van der Waals surface area contributed by atoms with Crippen LogP contribution < -0.4 is 0 Å². The fourth-order valence-electron chi connectivity index (χ4n) is 3.71. The number of H-pyrrole nitrogens is 1. The molecule has 1 aliphatic heterocycles. The zero-order valence-corrected chi connectivity index (χ0v) is 13.5. The number of nitrogens with one attached hydrogen (secondary N) is 1. The number of alkyl halides is 3. The number of nitrogens with zero attached hydrogens (tertiary/aromatic N) is 3. The summed E-state index contributed by atoms with van der Waals surface area (Å²) in [5, 5.41) is 1.85. The molecule has 1 fully saturated rings. The SMILES string of the molecule is C[C@@H]1CCN(C(=O)C(F)(F)F)C[C@@H]1n1ccc2cnc3[nH]ccc3c21. The fourth-order valence-corrected chi connectivity index (χ4v) is 3.71. The maximum absolute atomic E-state index is 12.8. The first-order valence-corrected chi connectivity index (χ1v) is 8.15. The molecule has 0 bridgehead atoms. The Morgan fingerprint density at radius 1 is 1.36 bits per heavy atom. The van der Waals surface area contributed by atoms with Gasteiger partial charge in [-0.2, -0.15) is 13.2 Å². The number of likely N-dealkylation sites (tertiary alicyclic amines) is 1. The zero-order chi connectivity index (χ0) is 17.8. The molecule has 1 saturated heterocycles. The molecule has 3 aromatic rings. The second-order valence-electron chi connectivity index (χ2n) is 6.61. The molecule has 0 radical (unpaired) electrons. The number of pyridine rings is 1. The van der Waals surface area contributed by atoms with Crippen molar-refractivity contribution in [3.8, 4) is 0 Å². The van der Waals surface area contributed by atoms with Crippen molar-refractivity contribution < 1.29 is 18.0 Å². The van der Waals surface area contributed by atoms with E-state index in [4.69, 9.17) is 0 Å². The highest BCUT2D eigenvalue weighted by Gasteiger charge is 2.44. The van der Waals surface area contributed by atoms with Crippen molar-refractivity contribution in [2.45, 2.75) is 25.6 Å². The van der Waals surface area contributed by atoms with E-state index in [0.29, 0.717) is 6.42 Å². The maximum Gasteiger partial charge on any atom is 0.471 e. The Balaban J connectivity index is 1.76. The van der Waals surface area contributed by atoms with Crippen molar-refractivity contribution in [3.63, 3.8) is 0 Å². The van der Waals surface area contributed by atoms with Crippen LogP contribution in [0.5, 0.6) is 0 Å². The number of fused-ring (bicyclic) bond motifs is 3. The predicted molar refractivity (Wildman–Crippen MR) is 87.0 cm³/mol. The summed E-state index contributed by atoms with van der Waals surface area (Å²) in [5.41, 5.74) is 1.67. The molecule has 0 saturated carbocycles. The van der Waals surface area contributed by atoms with Gasteiger partial charge in [-0.3, -0.25) is 4.79 Å². The van der Waals surface area contributed by atoms with E-state index in [1.54, 1.807) is 12.4 Å². The summed E-state index contributed by atoms with van der Waals surface area (Å²) in [6.07, 6.45) is 1.12. The number of rotatable bonds is 1. The number of hydrogen-bond acceptors (Lipinski definition) is 2. The molecule has 132 valence electrons. The van der Waals surface area contributed by atoms with Gasteiger partial charge in [0.25, 0.3) is 0 Å².